The molecule has 5 nitrogen and oxygen atoms in total. The topological polar surface area (TPSA) is 72.5 Å². The van der Waals surface area contributed by atoms with Crippen molar-refractivity contribution in [3.05, 3.63) is 35.4 Å². The Bertz CT molecular complexity index is 468. The summed E-state index contributed by atoms with van der Waals surface area (Å²) in [5, 5.41) is 2.49. The molecule has 0 heterocycles. The zero-order chi connectivity index (χ0) is 13.5. The van der Waals surface area contributed by atoms with Gasteiger partial charge in [-0.15, -0.1) is 0 Å². The first-order valence-electron chi connectivity index (χ1n) is 5.56. The number of hydrogen-bond acceptors (Lipinski definition) is 4. The van der Waals surface area contributed by atoms with Crippen molar-refractivity contribution in [2.24, 2.45) is 0 Å². The Morgan fingerprint density at radius 2 is 1.89 bits per heavy atom. The van der Waals surface area contributed by atoms with Gasteiger partial charge in [0.2, 0.25) is 0 Å². The maximum Gasteiger partial charge on any atom is 0.337 e. The zero-order valence-corrected chi connectivity index (χ0v) is 10.4. The molecule has 1 N–H and O–H groups in total. The van der Waals surface area contributed by atoms with Crippen molar-refractivity contribution in [2.75, 3.05) is 13.7 Å². The van der Waals surface area contributed by atoms with E-state index < -0.39 is 5.97 Å². The van der Waals surface area contributed by atoms with Crippen molar-refractivity contribution in [3.8, 4) is 0 Å². The van der Waals surface area contributed by atoms with Gasteiger partial charge in [0.1, 0.15) is 0 Å². The first-order valence-corrected chi connectivity index (χ1v) is 5.56. The lowest BCUT2D eigenvalue weighted by atomic mass is 10.1. The second-order valence-electron chi connectivity index (χ2n) is 3.65. The average Bonchev–Trinajstić information content (AvgIpc) is 2.43. The first-order chi connectivity index (χ1) is 8.58. The minimum atomic E-state index is -0.505. The second kappa shape index (κ2) is 6.54. The third-order valence-electron chi connectivity index (χ3n) is 2.39. The summed E-state index contributed by atoms with van der Waals surface area (Å²) < 4.78 is 4.56. The van der Waals surface area contributed by atoms with Gasteiger partial charge in [0.15, 0.2) is 5.78 Å². The maximum absolute atomic E-state index is 11.7. The number of ether oxygens (including phenoxy) is 1. The summed E-state index contributed by atoms with van der Waals surface area (Å²) in [6.07, 6.45) is 0.377. The molecule has 0 fully saturated rings. The molecule has 0 spiro atoms. The number of esters is 1. The smallest absolute Gasteiger partial charge is 0.337 e. The van der Waals surface area contributed by atoms with Gasteiger partial charge in [0.25, 0.3) is 5.91 Å². The van der Waals surface area contributed by atoms with E-state index in [9.17, 15) is 14.4 Å². The third kappa shape index (κ3) is 3.69. The third-order valence-corrected chi connectivity index (χ3v) is 2.39. The van der Waals surface area contributed by atoms with Crippen molar-refractivity contribution >= 4 is 17.7 Å². The summed E-state index contributed by atoms with van der Waals surface area (Å²) in [4.78, 5) is 34.1. The van der Waals surface area contributed by atoms with Crippen LogP contribution in [0.4, 0.5) is 0 Å². The highest BCUT2D eigenvalue weighted by Gasteiger charge is 2.11. The number of ketones is 1. The molecule has 0 aromatic heterocycles. The predicted octanol–water partition coefficient (Wildman–Crippen LogP) is 1.18. The van der Waals surface area contributed by atoms with Crippen molar-refractivity contribution in [1.29, 1.82) is 0 Å². The molecule has 0 bridgehead atoms. The Morgan fingerprint density at radius 1 is 1.22 bits per heavy atom. The van der Waals surface area contributed by atoms with Crippen LogP contribution in [0.15, 0.2) is 24.3 Å². The van der Waals surface area contributed by atoms with E-state index in [1.165, 1.54) is 13.2 Å². The molecule has 18 heavy (non-hydrogen) atoms. The summed E-state index contributed by atoms with van der Waals surface area (Å²) in [6, 6.07) is 6.14. The molecule has 0 unspecified atom stereocenters. The van der Waals surface area contributed by atoms with Gasteiger partial charge in [-0.25, -0.2) is 4.79 Å². The van der Waals surface area contributed by atoms with Gasteiger partial charge in [-0.3, -0.25) is 9.59 Å². The minimum Gasteiger partial charge on any atom is -0.465 e. The second-order valence-corrected chi connectivity index (χ2v) is 3.65. The molecule has 96 valence electrons. The van der Waals surface area contributed by atoms with Gasteiger partial charge in [-0.1, -0.05) is 13.0 Å². The molecule has 1 amide bonds. The maximum atomic E-state index is 11.7. The number of methoxy groups -OCH3 is 1. The number of nitrogens with one attached hydrogen (secondary N) is 1. The molecule has 0 atom stereocenters. The van der Waals surface area contributed by atoms with Crippen LogP contribution in [0.25, 0.3) is 0 Å². The normalized spacial score (nSPS) is 9.67. The van der Waals surface area contributed by atoms with Crippen LogP contribution >= 0.6 is 0 Å². The number of hydrogen-bond donors (Lipinski definition) is 1. The van der Waals surface area contributed by atoms with Crippen LogP contribution in [0, 0.1) is 0 Å². The van der Waals surface area contributed by atoms with Crippen LogP contribution in [0.3, 0.4) is 0 Å². The van der Waals surface area contributed by atoms with E-state index in [1.807, 2.05) is 0 Å². The number of Topliss-reactive ketones (excluding diaryl/α,β-unsaturated/α-hetero) is 1. The van der Waals surface area contributed by atoms with Crippen molar-refractivity contribution in [3.63, 3.8) is 0 Å². The van der Waals surface area contributed by atoms with Gasteiger partial charge in [0, 0.05) is 12.0 Å². The highest BCUT2D eigenvalue weighted by molar-refractivity contribution is 5.99. The molecule has 1 rings (SSSR count). The van der Waals surface area contributed by atoms with E-state index in [0.29, 0.717) is 17.5 Å². The van der Waals surface area contributed by atoms with E-state index in [-0.39, 0.29) is 18.2 Å². The predicted molar refractivity (Wildman–Crippen MR) is 65.4 cm³/mol. The molecule has 1 aromatic carbocycles. The largest absolute Gasteiger partial charge is 0.465 e. The fraction of sp³-hybridized carbons (Fsp3) is 0.308. The number of benzene rings is 1. The summed E-state index contributed by atoms with van der Waals surface area (Å²) in [7, 11) is 1.27. The molecular weight excluding hydrogens is 234 g/mol. The van der Waals surface area contributed by atoms with Gasteiger partial charge in [-0.05, 0) is 18.2 Å². The zero-order valence-electron chi connectivity index (χ0n) is 10.4. The molecule has 5 heteroatoms. The highest BCUT2D eigenvalue weighted by atomic mass is 16.5. The Balaban J connectivity index is 2.74. The number of carbonyl (C=O) groups is 3. The van der Waals surface area contributed by atoms with E-state index in [1.54, 1.807) is 25.1 Å². The lowest BCUT2D eigenvalue weighted by Crippen LogP contribution is -2.29. The van der Waals surface area contributed by atoms with Gasteiger partial charge in [-0.2, -0.15) is 0 Å². The molecule has 0 aliphatic carbocycles. The van der Waals surface area contributed by atoms with E-state index in [4.69, 9.17) is 0 Å². The number of carbonyl (C=O) groups excluding carboxylic acids is 3. The van der Waals surface area contributed by atoms with Crippen LogP contribution < -0.4 is 5.32 Å². The Hall–Kier alpha value is -2.17. The lowest BCUT2D eigenvalue weighted by Gasteiger charge is -2.05. The van der Waals surface area contributed by atoms with Gasteiger partial charge in [0.05, 0.1) is 19.2 Å². The van der Waals surface area contributed by atoms with E-state index >= 15 is 0 Å². The van der Waals surface area contributed by atoms with Crippen LogP contribution in [0.1, 0.15) is 34.1 Å². The fourth-order valence-electron chi connectivity index (χ4n) is 1.31. The Kier molecular flexibility index (Phi) is 5.05. The summed E-state index contributed by atoms with van der Waals surface area (Å²) >= 11 is 0. The van der Waals surface area contributed by atoms with Crippen molar-refractivity contribution in [1.82, 2.24) is 5.32 Å². The minimum absolute atomic E-state index is 0.00220. The van der Waals surface area contributed by atoms with E-state index in [2.05, 4.69) is 10.1 Å². The SMILES string of the molecule is CCC(=O)CNC(=O)c1cccc(C(=O)OC)c1. The molecule has 0 aliphatic rings. The molecule has 0 aliphatic heterocycles. The van der Waals surface area contributed by atoms with Crippen molar-refractivity contribution in [2.45, 2.75) is 13.3 Å². The molecule has 1 aromatic rings. The van der Waals surface area contributed by atoms with Crippen LogP contribution in [0.2, 0.25) is 0 Å². The summed E-state index contributed by atoms with van der Waals surface area (Å²) in [5.41, 5.74) is 0.619. The molecule has 0 saturated heterocycles. The van der Waals surface area contributed by atoms with Crippen molar-refractivity contribution < 1.29 is 19.1 Å². The highest BCUT2D eigenvalue weighted by Crippen LogP contribution is 2.06. The quantitative estimate of drug-likeness (QED) is 0.795. The first kappa shape index (κ1) is 13.9. The molecular formula is C13H15NO4. The summed E-state index contributed by atoms with van der Waals surface area (Å²) in [6.45, 7) is 1.73. The number of rotatable bonds is 5. The van der Waals surface area contributed by atoms with Gasteiger partial charge >= 0.3 is 5.97 Å². The van der Waals surface area contributed by atoms with Crippen LogP contribution in [-0.4, -0.2) is 31.3 Å². The van der Waals surface area contributed by atoms with Crippen LogP contribution in [0.5, 0.6) is 0 Å². The molecule has 0 saturated carbocycles. The van der Waals surface area contributed by atoms with Gasteiger partial charge < -0.3 is 10.1 Å². The lowest BCUT2D eigenvalue weighted by molar-refractivity contribution is -0.117. The number of amides is 1. The average molecular weight is 249 g/mol. The Morgan fingerprint density at radius 3 is 2.50 bits per heavy atom. The standard InChI is InChI=1S/C13H15NO4/c1-3-11(15)8-14-12(16)9-5-4-6-10(7-9)13(17)18-2/h4-7H,3,8H2,1-2H3,(H,14,16). The fourth-order valence-corrected chi connectivity index (χ4v) is 1.31. The van der Waals surface area contributed by atoms with Crippen LogP contribution in [-0.2, 0) is 9.53 Å². The summed E-state index contributed by atoms with van der Waals surface area (Å²) in [5.74, 6) is -0.940. The van der Waals surface area contributed by atoms with E-state index in [0.717, 1.165) is 0 Å². The molecule has 0 radical (unpaired) electrons. The Labute approximate surface area is 105 Å². The monoisotopic (exact) mass is 249 g/mol.